The minimum absolute atomic E-state index is 0.0684. The fourth-order valence-electron chi connectivity index (χ4n) is 4.70. The van der Waals surface area contributed by atoms with Crippen LogP contribution in [0.15, 0.2) is 96.2 Å². The highest BCUT2D eigenvalue weighted by Gasteiger charge is 2.20. The molecule has 0 aliphatic rings. The van der Waals surface area contributed by atoms with Gasteiger partial charge in [0.1, 0.15) is 11.5 Å². The van der Waals surface area contributed by atoms with Crippen molar-refractivity contribution in [2.75, 3.05) is 26.5 Å². The minimum Gasteiger partial charge on any atom is -0.497 e. The van der Waals surface area contributed by atoms with E-state index >= 15 is 0 Å². The Kier molecular flexibility index (Phi) is 8.71. The van der Waals surface area contributed by atoms with Crippen LogP contribution in [-0.4, -0.2) is 42.0 Å². The first-order valence-corrected chi connectivity index (χ1v) is 14.4. The number of fused-ring (bicyclic) bond motifs is 1. The van der Waals surface area contributed by atoms with Gasteiger partial charge >= 0.3 is 0 Å². The molecule has 7 heteroatoms. The molecule has 40 heavy (non-hydrogen) atoms. The third kappa shape index (κ3) is 6.00. The van der Waals surface area contributed by atoms with E-state index in [1.807, 2.05) is 78.9 Å². The molecule has 0 unspecified atom stereocenters. The van der Waals surface area contributed by atoms with E-state index in [9.17, 15) is 4.79 Å². The largest absolute Gasteiger partial charge is 0.497 e. The average molecular weight is 552 g/mol. The van der Waals surface area contributed by atoms with Crippen molar-refractivity contribution in [2.45, 2.75) is 25.0 Å². The van der Waals surface area contributed by atoms with Crippen LogP contribution in [0, 0.1) is 0 Å². The Morgan fingerprint density at radius 3 is 2.15 bits per heavy atom. The summed E-state index contributed by atoms with van der Waals surface area (Å²) in [5.74, 6) is 2.25. The number of hydrogen-bond donors (Lipinski definition) is 1. The summed E-state index contributed by atoms with van der Waals surface area (Å²) < 4.78 is 13.1. The Hall–Kier alpha value is -4.23. The summed E-state index contributed by atoms with van der Waals surface area (Å²) in [4.78, 5) is 18.0. The molecule has 1 amide bonds. The highest BCUT2D eigenvalue weighted by molar-refractivity contribution is 7.99. The highest BCUT2D eigenvalue weighted by Crippen LogP contribution is 2.37. The summed E-state index contributed by atoms with van der Waals surface area (Å²) in [5, 5.41) is 6.18. The predicted octanol–water partition coefficient (Wildman–Crippen LogP) is 7.32. The van der Waals surface area contributed by atoms with E-state index in [2.05, 4.69) is 28.9 Å². The van der Waals surface area contributed by atoms with Crippen molar-refractivity contribution < 1.29 is 14.3 Å². The molecular weight excluding hydrogens is 518 g/mol. The SMILES string of the molecule is CCCn1c(SCCNC(=O)c2ccc3ccccc3c2)nc(-c2ccc(OC)cc2)c1-c1ccc(OC)cc1. The number of benzene rings is 4. The minimum atomic E-state index is -0.0684. The molecule has 1 heterocycles. The maximum atomic E-state index is 12.8. The number of nitrogens with zero attached hydrogens (tertiary/aromatic N) is 2. The van der Waals surface area contributed by atoms with Crippen LogP contribution in [0.4, 0.5) is 0 Å². The lowest BCUT2D eigenvalue weighted by atomic mass is 10.0. The summed E-state index contributed by atoms with van der Waals surface area (Å²) in [6.45, 7) is 3.53. The molecule has 0 radical (unpaired) electrons. The molecule has 6 nitrogen and oxygen atoms in total. The van der Waals surface area contributed by atoms with E-state index in [-0.39, 0.29) is 5.91 Å². The standard InChI is InChI=1S/C33H33N3O3S/c1-4-20-36-31(25-13-17-29(39-3)18-14-25)30(24-11-15-28(38-2)16-12-24)35-33(36)40-21-19-34-32(37)27-10-9-23-7-5-6-8-26(23)22-27/h5-18,22H,4,19-21H2,1-3H3,(H,34,37). The monoisotopic (exact) mass is 551 g/mol. The number of methoxy groups -OCH3 is 2. The highest BCUT2D eigenvalue weighted by atomic mass is 32.2. The second-order valence-corrected chi connectivity index (χ2v) is 10.4. The van der Waals surface area contributed by atoms with Crippen LogP contribution in [-0.2, 0) is 6.54 Å². The molecule has 0 saturated carbocycles. The van der Waals surface area contributed by atoms with Gasteiger partial charge in [-0.05, 0) is 77.9 Å². The van der Waals surface area contributed by atoms with Gasteiger partial charge in [0.2, 0.25) is 0 Å². The molecule has 204 valence electrons. The zero-order valence-electron chi connectivity index (χ0n) is 23.0. The number of amides is 1. The quantitative estimate of drug-likeness (QED) is 0.138. The van der Waals surface area contributed by atoms with Gasteiger partial charge in [-0.1, -0.05) is 49.0 Å². The molecular formula is C33H33N3O3S. The summed E-state index contributed by atoms with van der Waals surface area (Å²) in [7, 11) is 3.34. The zero-order valence-corrected chi connectivity index (χ0v) is 23.8. The van der Waals surface area contributed by atoms with Gasteiger partial charge in [-0.3, -0.25) is 4.79 Å². The van der Waals surface area contributed by atoms with E-state index in [0.29, 0.717) is 17.9 Å². The Morgan fingerprint density at radius 2 is 1.50 bits per heavy atom. The number of carbonyl (C=O) groups is 1. The van der Waals surface area contributed by atoms with Crippen LogP contribution < -0.4 is 14.8 Å². The topological polar surface area (TPSA) is 65.4 Å². The fourth-order valence-corrected chi connectivity index (χ4v) is 5.59. The van der Waals surface area contributed by atoms with Crippen molar-refractivity contribution >= 4 is 28.4 Å². The summed E-state index contributed by atoms with van der Waals surface area (Å²) >= 11 is 1.65. The van der Waals surface area contributed by atoms with Crippen molar-refractivity contribution in [3.8, 4) is 34.0 Å². The molecule has 0 spiro atoms. The van der Waals surface area contributed by atoms with E-state index in [1.54, 1.807) is 26.0 Å². The second-order valence-electron chi connectivity index (χ2n) is 9.37. The van der Waals surface area contributed by atoms with Crippen molar-refractivity contribution in [3.63, 3.8) is 0 Å². The van der Waals surface area contributed by atoms with Crippen LogP contribution in [0.2, 0.25) is 0 Å². The van der Waals surface area contributed by atoms with Crippen LogP contribution in [0.1, 0.15) is 23.7 Å². The Morgan fingerprint density at radius 1 is 0.850 bits per heavy atom. The molecule has 1 aromatic heterocycles. The van der Waals surface area contributed by atoms with Crippen LogP contribution in [0.3, 0.4) is 0 Å². The molecule has 0 aliphatic heterocycles. The van der Waals surface area contributed by atoms with Gasteiger partial charge in [0, 0.05) is 35.5 Å². The molecule has 4 aromatic carbocycles. The maximum Gasteiger partial charge on any atom is 0.251 e. The van der Waals surface area contributed by atoms with Gasteiger partial charge < -0.3 is 19.4 Å². The van der Waals surface area contributed by atoms with Crippen molar-refractivity contribution in [1.82, 2.24) is 14.9 Å². The number of nitrogens with one attached hydrogen (secondary N) is 1. The lowest BCUT2D eigenvalue weighted by molar-refractivity contribution is 0.0956. The lowest BCUT2D eigenvalue weighted by Gasteiger charge is -2.13. The predicted molar refractivity (Wildman–Crippen MR) is 163 cm³/mol. The lowest BCUT2D eigenvalue weighted by Crippen LogP contribution is -2.25. The third-order valence-corrected chi connectivity index (χ3v) is 7.72. The van der Waals surface area contributed by atoms with E-state index in [4.69, 9.17) is 14.5 Å². The Bertz CT molecular complexity index is 1590. The third-order valence-electron chi connectivity index (χ3n) is 6.74. The average Bonchev–Trinajstić information content (AvgIpc) is 3.37. The molecule has 5 aromatic rings. The number of hydrogen-bond acceptors (Lipinski definition) is 5. The summed E-state index contributed by atoms with van der Waals surface area (Å²) in [5.41, 5.74) is 4.75. The molecule has 0 atom stereocenters. The molecule has 0 aliphatic carbocycles. The molecule has 0 bridgehead atoms. The van der Waals surface area contributed by atoms with Gasteiger partial charge in [-0.15, -0.1) is 0 Å². The van der Waals surface area contributed by atoms with Gasteiger partial charge in [0.05, 0.1) is 25.6 Å². The first-order valence-electron chi connectivity index (χ1n) is 13.4. The first-order chi connectivity index (χ1) is 19.6. The van der Waals surface area contributed by atoms with Crippen LogP contribution >= 0.6 is 11.8 Å². The molecule has 0 saturated heterocycles. The zero-order chi connectivity index (χ0) is 27.9. The van der Waals surface area contributed by atoms with E-state index < -0.39 is 0 Å². The van der Waals surface area contributed by atoms with Gasteiger partial charge in [-0.25, -0.2) is 4.98 Å². The summed E-state index contributed by atoms with van der Waals surface area (Å²) in [6, 6.07) is 30.0. The number of imidazole rings is 1. The van der Waals surface area contributed by atoms with Crippen LogP contribution in [0.5, 0.6) is 11.5 Å². The van der Waals surface area contributed by atoms with E-state index in [1.165, 1.54) is 0 Å². The van der Waals surface area contributed by atoms with Crippen LogP contribution in [0.25, 0.3) is 33.3 Å². The summed E-state index contributed by atoms with van der Waals surface area (Å²) in [6.07, 6.45) is 0.966. The normalized spacial score (nSPS) is 11.0. The Labute approximate surface area is 239 Å². The molecule has 5 rings (SSSR count). The number of ether oxygens (including phenoxy) is 2. The number of aromatic nitrogens is 2. The number of carbonyl (C=O) groups excluding carboxylic acids is 1. The van der Waals surface area contributed by atoms with Crippen molar-refractivity contribution in [3.05, 3.63) is 96.6 Å². The molecule has 0 fully saturated rings. The van der Waals surface area contributed by atoms with Gasteiger partial charge in [0.25, 0.3) is 5.91 Å². The second kappa shape index (κ2) is 12.7. The fraction of sp³-hybridized carbons (Fsp3) is 0.212. The number of thioether (sulfide) groups is 1. The van der Waals surface area contributed by atoms with Gasteiger partial charge in [-0.2, -0.15) is 0 Å². The molecule has 1 N–H and O–H groups in total. The van der Waals surface area contributed by atoms with Gasteiger partial charge in [0.15, 0.2) is 5.16 Å². The maximum absolute atomic E-state index is 12.8. The van der Waals surface area contributed by atoms with E-state index in [0.717, 1.165) is 62.9 Å². The number of rotatable bonds is 11. The van der Waals surface area contributed by atoms with Crippen molar-refractivity contribution in [2.24, 2.45) is 0 Å². The smallest absolute Gasteiger partial charge is 0.251 e. The van der Waals surface area contributed by atoms with Crippen molar-refractivity contribution in [1.29, 1.82) is 0 Å². The first kappa shape index (κ1) is 27.3. The Balaban J connectivity index is 1.38.